The van der Waals surface area contributed by atoms with Gasteiger partial charge in [0.1, 0.15) is 0 Å². The van der Waals surface area contributed by atoms with Crippen molar-refractivity contribution in [2.75, 3.05) is 19.6 Å². The maximum absolute atomic E-state index is 11.8. The van der Waals surface area contributed by atoms with Crippen LogP contribution in [0.25, 0.3) is 0 Å². The minimum atomic E-state index is -2.24. The zero-order chi connectivity index (χ0) is 6.69. The van der Waals surface area contributed by atoms with Crippen molar-refractivity contribution < 1.29 is 8.78 Å². The average Bonchev–Trinajstić information content (AvgIpc) is 1.90. The third-order valence-corrected chi connectivity index (χ3v) is 1.38. The number of hydrogen-bond donors (Lipinski definition) is 2. The molecule has 0 aromatic rings. The lowest BCUT2D eigenvalue weighted by Crippen LogP contribution is -2.51. The maximum atomic E-state index is 11.8. The van der Waals surface area contributed by atoms with Gasteiger partial charge < -0.3 is 10.6 Å². The van der Waals surface area contributed by atoms with Crippen LogP contribution >= 0.6 is 0 Å². The van der Waals surface area contributed by atoms with Crippen LogP contribution in [0.15, 0.2) is 0 Å². The average molecular weight is 136 g/mol. The van der Waals surface area contributed by atoms with Crippen molar-refractivity contribution >= 4 is 0 Å². The van der Waals surface area contributed by atoms with E-state index in [9.17, 15) is 8.78 Å². The Labute approximate surface area is 52.6 Å². The lowest BCUT2D eigenvalue weighted by atomic mass is 10.2. The Morgan fingerprint density at radius 2 is 2.11 bits per heavy atom. The van der Waals surface area contributed by atoms with Crippen LogP contribution in [0.5, 0.6) is 0 Å². The topological polar surface area (TPSA) is 24.1 Å². The van der Waals surface area contributed by atoms with Gasteiger partial charge in [-0.1, -0.05) is 0 Å². The van der Waals surface area contributed by atoms with Crippen LogP contribution in [0.3, 0.4) is 0 Å². The lowest BCUT2D eigenvalue weighted by molar-refractivity contribution is 0.0911. The first-order chi connectivity index (χ1) is 4.30. The van der Waals surface area contributed by atoms with Crippen molar-refractivity contribution in [3.8, 4) is 0 Å². The van der Waals surface area contributed by atoms with Gasteiger partial charge in [0, 0.05) is 19.6 Å². The third-order valence-electron chi connectivity index (χ3n) is 1.38. The molecule has 54 valence electrons. The molecule has 0 amide bonds. The molecule has 1 fully saturated rings. The standard InChI is InChI=1S/C5H10F2N2/c6-5(7)4-3-8-1-2-9-4/h4-5,8-9H,1-3H2/t4-/m0/s1. The summed E-state index contributed by atoms with van der Waals surface area (Å²) in [5.74, 6) is 0. The van der Waals surface area contributed by atoms with Crippen LogP contribution in [-0.4, -0.2) is 32.1 Å². The maximum Gasteiger partial charge on any atom is 0.254 e. The molecule has 1 atom stereocenters. The third kappa shape index (κ3) is 1.87. The second-order valence-electron chi connectivity index (χ2n) is 2.10. The summed E-state index contributed by atoms with van der Waals surface area (Å²) in [5, 5.41) is 5.58. The Hall–Kier alpha value is -0.220. The first kappa shape index (κ1) is 6.89. The molecule has 0 spiro atoms. The van der Waals surface area contributed by atoms with Gasteiger partial charge in [-0.25, -0.2) is 8.78 Å². The fraction of sp³-hybridized carbons (Fsp3) is 1.00. The molecule has 0 aromatic heterocycles. The summed E-state index contributed by atoms with van der Waals surface area (Å²) >= 11 is 0. The first-order valence-electron chi connectivity index (χ1n) is 3.03. The number of alkyl halides is 2. The van der Waals surface area contributed by atoms with Gasteiger partial charge in [-0.3, -0.25) is 0 Å². The highest BCUT2D eigenvalue weighted by molar-refractivity contribution is 4.76. The SMILES string of the molecule is FC(F)[C@@H]1CNCCN1. The molecular weight excluding hydrogens is 126 g/mol. The van der Waals surface area contributed by atoms with E-state index in [4.69, 9.17) is 0 Å². The molecule has 0 aromatic carbocycles. The molecule has 0 unspecified atom stereocenters. The van der Waals surface area contributed by atoms with Gasteiger partial charge in [-0.05, 0) is 0 Å². The van der Waals surface area contributed by atoms with E-state index in [0.29, 0.717) is 13.1 Å². The van der Waals surface area contributed by atoms with Crippen molar-refractivity contribution in [3.63, 3.8) is 0 Å². The van der Waals surface area contributed by atoms with Crippen LogP contribution < -0.4 is 10.6 Å². The van der Waals surface area contributed by atoms with Crippen molar-refractivity contribution in [3.05, 3.63) is 0 Å². The molecule has 1 aliphatic rings. The normalized spacial score (nSPS) is 29.0. The number of hydrogen-bond acceptors (Lipinski definition) is 2. The highest BCUT2D eigenvalue weighted by Crippen LogP contribution is 2.00. The monoisotopic (exact) mass is 136 g/mol. The van der Waals surface area contributed by atoms with E-state index in [2.05, 4.69) is 10.6 Å². The summed E-state index contributed by atoms with van der Waals surface area (Å²) in [5.41, 5.74) is 0. The quantitative estimate of drug-likeness (QED) is 0.522. The van der Waals surface area contributed by atoms with Crippen molar-refractivity contribution in [1.82, 2.24) is 10.6 Å². The fourth-order valence-electron chi connectivity index (χ4n) is 0.854. The van der Waals surface area contributed by atoms with E-state index in [1.807, 2.05) is 0 Å². The zero-order valence-corrected chi connectivity index (χ0v) is 5.03. The summed E-state index contributed by atoms with van der Waals surface area (Å²) in [7, 11) is 0. The molecule has 1 aliphatic heterocycles. The molecule has 1 saturated heterocycles. The molecule has 0 aliphatic carbocycles. The Balaban J connectivity index is 2.23. The van der Waals surface area contributed by atoms with Crippen LogP contribution in [0.4, 0.5) is 8.78 Å². The molecule has 4 heteroatoms. The van der Waals surface area contributed by atoms with E-state index in [-0.39, 0.29) is 0 Å². The molecular formula is C5H10F2N2. The number of rotatable bonds is 1. The van der Waals surface area contributed by atoms with E-state index >= 15 is 0 Å². The van der Waals surface area contributed by atoms with Gasteiger partial charge in [0.2, 0.25) is 0 Å². The summed E-state index contributed by atoms with van der Waals surface area (Å²) in [6.45, 7) is 1.83. The predicted octanol–water partition coefficient (Wildman–Crippen LogP) is -0.187. The zero-order valence-electron chi connectivity index (χ0n) is 5.03. The molecule has 1 rings (SSSR count). The summed E-state index contributed by atoms with van der Waals surface area (Å²) < 4.78 is 23.6. The Kier molecular flexibility index (Phi) is 2.36. The van der Waals surface area contributed by atoms with Crippen molar-refractivity contribution in [2.24, 2.45) is 0 Å². The number of piperazine rings is 1. The number of halogens is 2. The van der Waals surface area contributed by atoms with Crippen molar-refractivity contribution in [2.45, 2.75) is 12.5 Å². The summed E-state index contributed by atoms with van der Waals surface area (Å²) in [4.78, 5) is 0. The Bertz CT molecular complexity index is 81.0. The molecule has 2 nitrogen and oxygen atoms in total. The predicted molar refractivity (Wildman–Crippen MR) is 30.7 cm³/mol. The highest BCUT2D eigenvalue weighted by Gasteiger charge is 2.20. The van der Waals surface area contributed by atoms with E-state index < -0.39 is 12.5 Å². The molecule has 2 N–H and O–H groups in total. The van der Waals surface area contributed by atoms with Crippen LogP contribution in [0.1, 0.15) is 0 Å². The number of nitrogens with one attached hydrogen (secondary N) is 2. The van der Waals surface area contributed by atoms with Gasteiger partial charge >= 0.3 is 0 Å². The molecule has 1 heterocycles. The molecule has 0 radical (unpaired) electrons. The second-order valence-corrected chi connectivity index (χ2v) is 2.10. The summed E-state index contributed by atoms with van der Waals surface area (Å²) in [6.07, 6.45) is -2.24. The lowest BCUT2D eigenvalue weighted by Gasteiger charge is -2.23. The largest absolute Gasteiger partial charge is 0.314 e. The second kappa shape index (κ2) is 3.08. The molecule has 9 heavy (non-hydrogen) atoms. The fourth-order valence-corrected chi connectivity index (χ4v) is 0.854. The molecule has 0 saturated carbocycles. The minimum absolute atomic E-state index is 0.387. The van der Waals surface area contributed by atoms with Gasteiger partial charge in [-0.2, -0.15) is 0 Å². The van der Waals surface area contributed by atoms with Gasteiger partial charge in [0.25, 0.3) is 6.43 Å². The van der Waals surface area contributed by atoms with Gasteiger partial charge in [0.05, 0.1) is 6.04 Å². The Morgan fingerprint density at radius 1 is 1.33 bits per heavy atom. The van der Waals surface area contributed by atoms with Crippen LogP contribution in [-0.2, 0) is 0 Å². The molecule has 0 bridgehead atoms. The van der Waals surface area contributed by atoms with E-state index in [1.165, 1.54) is 0 Å². The van der Waals surface area contributed by atoms with Gasteiger partial charge in [0.15, 0.2) is 0 Å². The highest BCUT2D eigenvalue weighted by atomic mass is 19.3. The summed E-state index contributed by atoms with van der Waals surface area (Å²) in [6, 6.07) is -0.640. The van der Waals surface area contributed by atoms with Crippen LogP contribution in [0.2, 0.25) is 0 Å². The van der Waals surface area contributed by atoms with Gasteiger partial charge in [-0.15, -0.1) is 0 Å². The van der Waals surface area contributed by atoms with Crippen LogP contribution in [0, 0.1) is 0 Å². The minimum Gasteiger partial charge on any atom is -0.314 e. The van der Waals surface area contributed by atoms with E-state index in [0.717, 1.165) is 6.54 Å². The Morgan fingerprint density at radius 3 is 2.44 bits per heavy atom. The first-order valence-corrected chi connectivity index (χ1v) is 3.03. The van der Waals surface area contributed by atoms with E-state index in [1.54, 1.807) is 0 Å². The van der Waals surface area contributed by atoms with Crippen molar-refractivity contribution in [1.29, 1.82) is 0 Å². The smallest absolute Gasteiger partial charge is 0.254 e.